The number of hydrogen-bond acceptors (Lipinski definition) is 5. The van der Waals surface area contributed by atoms with Gasteiger partial charge in [0.15, 0.2) is 5.65 Å². The maximum Gasteiger partial charge on any atom is 0.180 e. The Labute approximate surface area is 91.9 Å². The van der Waals surface area contributed by atoms with Crippen LogP contribution in [0.2, 0.25) is 0 Å². The predicted octanol–water partition coefficient (Wildman–Crippen LogP) is 1.11. The van der Waals surface area contributed by atoms with Crippen molar-refractivity contribution < 1.29 is 0 Å². The molecule has 0 saturated heterocycles. The number of nitrogens with zero attached hydrogens (tertiary/aromatic N) is 3. The zero-order chi connectivity index (χ0) is 10.7. The molecule has 0 bridgehead atoms. The molecule has 2 aromatic rings. The second kappa shape index (κ2) is 4.59. The molecule has 0 aromatic carbocycles. The summed E-state index contributed by atoms with van der Waals surface area (Å²) in [4.78, 5) is 15.4. The fraction of sp³-hybridized carbons (Fsp3) is 0.444. The third kappa shape index (κ3) is 2.27. The first-order valence-corrected chi connectivity index (χ1v) is 6.11. The Hall–Kier alpha value is -1.14. The highest BCUT2D eigenvalue weighted by Gasteiger charge is 2.11. The van der Waals surface area contributed by atoms with Crippen LogP contribution in [0.1, 0.15) is 18.3 Å². The second-order valence-corrected chi connectivity index (χ2v) is 4.26. The fourth-order valence-electron chi connectivity index (χ4n) is 1.34. The van der Waals surface area contributed by atoms with Gasteiger partial charge in [0.1, 0.15) is 17.7 Å². The molecule has 0 radical (unpaired) electrons. The van der Waals surface area contributed by atoms with Crippen molar-refractivity contribution in [1.82, 2.24) is 19.9 Å². The highest BCUT2D eigenvalue weighted by molar-refractivity contribution is 7.98. The highest BCUT2D eigenvalue weighted by Crippen LogP contribution is 2.15. The molecule has 0 amide bonds. The molecule has 0 aliphatic heterocycles. The Morgan fingerprint density at radius 3 is 3.20 bits per heavy atom. The van der Waals surface area contributed by atoms with Crippen LogP contribution in [0.25, 0.3) is 11.2 Å². The molecule has 6 heteroatoms. The minimum Gasteiger partial charge on any atom is -0.338 e. The molecule has 2 heterocycles. The number of fused-ring (bicyclic) bond motifs is 1. The van der Waals surface area contributed by atoms with E-state index >= 15 is 0 Å². The summed E-state index contributed by atoms with van der Waals surface area (Å²) in [5, 5.41) is 0. The lowest BCUT2D eigenvalue weighted by atomic mass is 10.2. The van der Waals surface area contributed by atoms with Crippen molar-refractivity contribution in [2.45, 2.75) is 12.5 Å². The maximum absolute atomic E-state index is 5.99. The van der Waals surface area contributed by atoms with Crippen LogP contribution < -0.4 is 5.73 Å². The Morgan fingerprint density at radius 1 is 1.60 bits per heavy atom. The van der Waals surface area contributed by atoms with Crippen molar-refractivity contribution in [3.8, 4) is 0 Å². The zero-order valence-corrected chi connectivity index (χ0v) is 9.29. The number of thioether (sulfide) groups is 1. The van der Waals surface area contributed by atoms with Gasteiger partial charge in [0.25, 0.3) is 0 Å². The first-order valence-electron chi connectivity index (χ1n) is 4.71. The van der Waals surface area contributed by atoms with E-state index in [0.717, 1.165) is 23.5 Å². The number of H-pyrrole nitrogens is 1. The Kier molecular flexibility index (Phi) is 3.17. The zero-order valence-electron chi connectivity index (χ0n) is 8.47. The van der Waals surface area contributed by atoms with Crippen LogP contribution in [-0.4, -0.2) is 31.9 Å². The number of nitrogens with one attached hydrogen (secondary N) is 1. The van der Waals surface area contributed by atoms with E-state index in [1.807, 2.05) is 0 Å². The fourth-order valence-corrected chi connectivity index (χ4v) is 1.83. The van der Waals surface area contributed by atoms with E-state index in [1.54, 1.807) is 18.0 Å². The molecule has 3 N–H and O–H groups in total. The van der Waals surface area contributed by atoms with Gasteiger partial charge in [0, 0.05) is 0 Å². The van der Waals surface area contributed by atoms with Crippen molar-refractivity contribution >= 4 is 22.9 Å². The predicted molar refractivity (Wildman–Crippen MR) is 61.6 cm³/mol. The molecule has 2 aromatic heterocycles. The summed E-state index contributed by atoms with van der Waals surface area (Å²) in [6, 6.07) is -0.0494. The molecular weight excluding hydrogens is 210 g/mol. The summed E-state index contributed by atoms with van der Waals surface area (Å²) in [5.41, 5.74) is 7.51. The van der Waals surface area contributed by atoms with Crippen molar-refractivity contribution in [1.29, 1.82) is 0 Å². The standard InChI is InChI=1S/C9H13N5S/c1-15-3-2-6(10)8-13-7-4-11-5-12-9(7)14-8/h4-6H,2-3,10H2,1H3,(H,11,12,13,14). The van der Waals surface area contributed by atoms with Crippen LogP contribution in [0.15, 0.2) is 12.5 Å². The monoisotopic (exact) mass is 223 g/mol. The summed E-state index contributed by atoms with van der Waals surface area (Å²) >= 11 is 1.78. The average molecular weight is 223 g/mol. The van der Waals surface area contributed by atoms with Crippen molar-refractivity contribution in [2.24, 2.45) is 5.73 Å². The van der Waals surface area contributed by atoms with Gasteiger partial charge in [0.2, 0.25) is 0 Å². The topological polar surface area (TPSA) is 80.5 Å². The van der Waals surface area contributed by atoms with E-state index in [-0.39, 0.29) is 6.04 Å². The normalized spacial score (nSPS) is 13.2. The van der Waals surface area contributed by atoms with Crippen LogP contribution >= 0.6 is 11.8 Å². The van der Waals surface area contributed by atoms with Gasteiger partial charge >= 0.3 is 0 Å². The number of imidazole rings is 1. The molecule has 0 saturated carbocycles. The second-order valence-electron chi connectivity index (χ2n) is 3.27. The number of nitrogens with two attached hydrogens (primary N) is 1. The smallest absolute Gasteiger partial charge is 0.180 e. The van der Waals surface area contributed by atoms with E-state index in [4.69, 9.17) is 5.73 Å². The Balaban J connectivity index is 2.20. The van der Waals surface area contributed by atoms with Crippen molar-refractivity contribution in [3.63, 3.8) is 0 Å². The third-order valence-electron chi connectivity index (χ3n) is 2.16. The molecule has 1 atom stereocenters. The summed E-state index contributed by atoms with van der Waals surface area (Å²) < 4.78 is 0. The van der Waals surface area contributed by atoms with Gasteiger partial charge in [-0.1, -0.05) is 0 Å². The van der Waals surface area contributed by atoms with Crippen LogP contribution in [0.3, 0.4) is 0 Å². The van der Waals surface area contributed by atoms with Crippen LogP contribution in [0, 0.1) is 0 Å². The molecule has 0 spiro atoms. The van der Waals surface area contributed by atoms with E-state index in [1.165, 1.54) is 6.33 Å². The van der Waals surface area contributed by atoms with E-state index in [9.17, 15) is 0 Å². The van der Waals surface area contributed by atoms with Gasteiger partial charge in [-0.25, -0.2) is 15.0 Å². The van der Waals surface area contributed by atoms with Gasteiger partial charge in [-0.3, -0.25) is 0 Å². The minimum absolute atomic E-state index is 0.0494. The van der Waals surface area contributed by atoms with Crippen LogP contribution in [0.4, 0.5) is 0 Å². The maximum atomic E-state index is 5.99. The van der Waals surface area contributed by atoms with E-state index < -0.39 is 0 Å². The Bertz CT molecular complexity index is 408. The molecule has 0 aliphatic carbocycles. The Morgan fingerprint density at radius 2 is 2.47 bits per heavy atom. The van der Waals surface area contributed by atoms with E-state index in [2.05, 4.69) is 26.2 Å². The van der Waals surface area contributed by atoms with E-state index in [0.29, 0.717) is 5.65 Å². The third-order valence-corrected chi connectivity index (χ3v) is 2.81. The van der Waals surface area contributed by atoms with Gasteiger partial charge in [0.05, 0.1) is 12.2 Å². The van der Waals surface area contributed by atoms with Gasteiger partial charge in [-0.05, 0) is 18.4 Å². The van der Waals surface area contributed by atoms with Gasteiger partial charge < -0.3 is 10.7 Å². The number of rotatable bonds is 4. The number of hydrogen-bond donors (Lipinski definition) is 2. The molecular formula is C9H13N5S. The van der Waals surface area contributed by atoms with Gasteiger partial charge in [-0.2, -0.15) is 11.8 Å². The highest BCUT2D eigenvalue weighted by atomic mass is 32.2. The number of aromatic amines is 1. The first-order chi connectivity index (χ1) is 7.31. The van der Waals surface area contributed by atoms with Crippen LogP contribution in [-0.2, 0) is 0 Å². The molecule has 0 fully saturated rings. The first kappa shape index (κ1) is 10.4. The van der Waals surface area contributed by atoms with Gasteiger partial charge in [-0.15, -0.1) is 0 Å². The molecule has 2 rings (SSSR count). The average Bonchev–Trinajstić information content (AvgIpc) is 2.69. The molecule has 15 heavy (non-hydrogen) atoms. The summed E-state index contributed by atoms with van der Waals surface area (Å²) in [6.07, 6.45) is 6.17. The molecule has 80 valence electrons. The quantitative estimate of drug-likeness (QED) is 0.811. The van der Waals surface area contributed by atoms with Crippen molar-refractivity contribution in [2.75, 3.05) is 12.0 Å². The lowest BCUT2D eigenvalue weighted by molar-refractivity contribution is 0.666. The summed E-state index contributed by atoms with van der Waals surface area (Å²) in [6.45, 7) is 0. The molecule has 5 nitrogen and oxygen atoms in total. The largest absolute Gasteiger partial charge is 0.338 e. The minimum atomic E-state index is -0.0494. The van der Waals surface area contributed by atoms with Crippen molar-refractivity contribution in [3.05, 3.63) is 18.3 Å². The van der Waals surface area contributed by atoms with Crippen LogP contribution in [0.5, 0.6) is 0 Å². The molecule has 1 unspecified atom stereocenters. The number of aromatic nitrogens is 4. The SMILES string of the molecule is CSCCC(N)c1nc2ncncc2[nH]1. The summed E-state index contributed by atoms with van der Waals surface area (Å²) in [7, 11) is 0. The molecule has 0 aliphatic rings. The summed E-state index contributed by atoms with van der Waals surface area (Å²) in [5.74, 6) is 1.82. The lowest BCUT2D eigenvalue weighted by Crippen LogP contribution is -2.12. The lowest BCUT2D eigenvalue weighted by Gasteiger charge is -2.05.